The van der Waals surface area contributed by atoms with Gasteiger partial charge >= 0.3 is 0 Å². The summed E-state index contributed by atoms with van der Waals surface area (Å²) in [5.74, 6) is 0.171. The van der Waals surface area contributed by atoms with E-state index >= 15 is 0 Å². The zero-order valence-corrected chi connectivity index (χ0v) is 15.2. The number of carbonyl (C=O) groups is 1. The van der Waals surface area contributed by atoms with Crippen LogP contribution in [0.25, 0.3) is 0 Å². The Morgan fingerprint density at radius 2 is 1.60 bits per heavy atom. The number of hydrogen-bond acceptors (Lipinski definition) is 3. The predicted octanol–water partition coefficient (Wildman–Crippen LogP) is 2.79. The highest BCUT2D eigenvalue weighted by molar-refractivity contribution is 6.30. The molecule has 1 atom stereocenters. The van der Waals surface area contributed by atoms with Crippen LogP contribution in [-0.4, -0.2) is 55.5 Å². The molecule has 1 aliphatic heterocycles. The molecule has 0 aromatic heterocycles. The molecule has 0 aliphatic carbocycles. The fourth-order valence-electron chi connectivity index (χ4n) is 3.39. The van der Waals surface area contributed by atoms with Crippen LogP contribution in [0.3, 0.4) is 0 Å². The van der Waals surface area contributed by atoms with E-state index in [9.17, 15) is 4.79 Å². The summed E-state index contributed by atoms with van der Waals surface area (Å²) < 4.78 is 0. The van der Waals surface area contributed by atoms with Crippen LogP contribution < -0.4 is 5.32 Å². The molecule has 1 aliphatic rings. The van der Waals surface area contributed by atoms with Crippen LogP contribution in [-0.2, 0) is 4.79 Å². The van der Waals surface area contributed by atoms with Crippen molar-refractivity contribution >= 4 is 17.5 Å². The minimum Gasteiger partial charge on any atom is -0.339 e. The Labute approximate surface area is 154 Å². The largest absolute Gasteiger partial charge is 0.339 e. The van der Waals surface area contributed by atoms with Gasteiger partial charge in [-0.25, -0.2) is 0 Å². The number of amides is 1. The second-order valence-corrected chi connectivity index (χ2v) is 6.75. The van der Waals surface area contributed by atoms with Crippen LogP contribution in [0.4, 0.5) is 0 Å². The Morgan fingerprint density at radius 3 is 2.20 bits per heavy atom. The van der Waals surface area contributed by atoms with Crippen molar-refractivity contribution in [3.8, 4) is 0 Å². The lowest BCUT2D eigenvalue weighted by atomic mass is 9.96. The van der Waals surface area contributed by atoms with Gasteiger partial charge in [0.05, 0.1) is 12.6 Å². The summed E-state index contributed by atoms with van der Waals surface area (Å²) in [4.78, 5) is 16.5. The topological polar surface area (TPSA) is 35.6 Å². The van der Waals surface area contributed by atoms with Crippen molar-refractivity contribution in [1.82, 2.24) is 15.1 Å². The highest BCUT2D eigenvalue weighted by atomic mass is 35.5. The minimum absolute atomic E-state index is 0.171. The Hall–Kier alpha value is -1.88. The molecule has 4 nitrogen and oxygen atoms in total. The molecule has 2 aromatic carbocycles. The number of likely N-dealkylation sites (N-methyl/N-ethyl adjacent to an activating group) is 1. The van der Waals surface area contributed by atoms with E-state index < -0.39 is 0 Å². The molecule has 0 bridgehead atoms. The van der Waals surface area contributed by atoms with E-state index in [1.807, 2.05) is 23.1 Å². The van der Waals surface area contributed by atoms with Gasteiger partial charge in [-0.05, 0) is 30.3 Å². The highest BCUT2D eigenvalue weighted by Crippen LogP contribution is 2.30. The van der Waals surface area contributed by atoms with Crippen LogP contribution in [0.1, 0.15) is 17.2 Å². The first-order valence-corrected chi connectivity index (χ1v) is 9.03. The van der Waals surface area contributed by atoms with Crippen LogP contribution >= 0.6 is 11.6 Å². The van der Waals surface area contributed by atoms with Gasteiger partial charge in [-0.3, -0.25) is 9.69 Å². The molecule has 5 heteroatoms. The first kappa shape index (κ1) is 17.9. The minimum atomic E-state index is 0.171. The maximum Gasteiger partial charge on any atom is 0.236 e. The van der Waals surface area contributed by atoms with Crippen molar-refractivity contribution in [2.75, 3.05) is 39.8 Å². The van der Waals surface area contributed by atoms with Crippen molar-refractivity contribution in [3.63, 3.8) is 0 Å². The molecule has 0 saturated carbocycles. The van der Waals surface area contributed by atoms with E-state index in [0.717, 1.165) is 31.2 Å². The van der Waals surface area contributed by atoms with E-state index in [2.05, 4.69) is 46.6 Å². The number of hydrogen-bond donors (Lipinski definition) is 1. The third kappa shape index (κ3) is 4.40. The number of nitrogens with zero attached hydrogens (tertiary/aromatic N) is 2. The average Bonchev–Trinajstić information content (AvgIpc) is 2.65. The Balaban J connectivity index is 1.79. The van der Waals surface area contributed by atoms with Crippen molar-refractivity contribution in [2.45, 2.75) is 6.04 Å². The number of benzene rings is 2. The number of nitrogens with one attached hydrogen (secondary N) is 1. The second-order valence-electron chi connectivity index (χ2n) is 6.31. The van der Waals surface area contributed by atoms with Crippen molar-refractivity contribution in [1.29, 1.82) is 0 Å². The van der Waals surface area contributed by atoms with Gasteiger partial charge in [0.25, 0.3) is 0 Å². The first-order valence-electron chi connectivity index (χ1n) is 8.66. The molecular formula is C20H24ClN3O. The van der Waals surface area contributed by atoms with Crippen LogP contribution in [0.15, 0.2) is 54.6 Å². The number of piperazine rings is 1. The fraction of sp³-hybridized carbons (Fsp3) is 0.350. The molecule has 1 unspecified atom stereocenters. The molecule has 1 heterocycles. The highest BCUT2D eigenvalue weighted by Gasteiger charge is 2.27. The van der Waals surface area contributed by atoms with E-state index in [4.69, 9.17) is 11.6 Å². The smallest absolute Gasteiger partial charge is 0.236 e. The van der Waals surface area contributed by atoms with E-state index in [1.54, 1.807) is 7.05 Å². The summed E-state index contributed by atoms with van der Waals surface area (Å²) in [6.07, 6.45) is 0. The first-order chi connectivity index (χ1) is 12.2. The second kappa shape index (κ2) is 8.48. The molecule has 2 aromatic rings. The Kier molecular flexibility index (Phi) is 6.08. The monoisotopic (exact) mass is 357 g/mol. The fourth-order valence-corrected chi connectivity index (χ4v) is 3.51. The summed E-state index contributed by atoms with van der Waals surface area (Å²) >= 11 is 6.07. The lowest BCUT2D eigenvalue weighted by molar-refractivity contribution is -0.132. The van der Waals surface area contributed by atoms with Gasteiger partial charge in [-0.15, -0.1) is 0 Å². The normalized spacial score (nSPS) is 16.6. The van der Waals surface area contributed by atoms with Gasteiger partial charge in [0.2, 0.25) is 5.91 Å². The average molecular weight is 358 g/mol. The lowest BCUT2D eigenvalue weighted by Gasteiger charge is -2.39. The summed E-state index contributed by atoms with van der Waals surface area (Å²) in [6.45, 7) is 3.64. The molecule has 0 spiro atoms. The quantitative estimate of drug-likeness (QED) is 0.893. The molecule has 132 valence electrons. The Morgan fingerprint density at radius 1 is 1.00 bits per heavy atom. The molecule has 1 N–H and O–H groups in total. The molecule has 0 radical (unpaired) electrons. The molecule has 1 amide bonds. The van der Waals surface area contributed by atoms with E-state index in [0.29, 0.717) is 6.54 Å². The maximum atomic E-state index is 12.1. The molecule has 1 saturated heterocycles. The van der Waals surface area contributed by atoms with Crippen LogP contribution in [0.5, 0.6) is 0 Å². The van der Waals surface area contributed by atoms with Crippen molar-refractivity contribution < 1.29 is 4.79 Å². The maximum absolute atomic E-state index is 12.1. The summed E-state index contributed by atoms with van der Waals surface area (Å²) in [6, 6.07) is 18.8. The van der Waals surface area contributed by atoms with Crippen molar-refractivity contribution in [2.24, 2.45) is 0 Å². The summed E-state index contributed by atoms with van der Waals surface area (Å²) in [7, 11) is 1.81. The van der Waals surface area contributed by atoms with Gasteiger partial charge < -0.3 is 10.2 Å². The van der Waals surface area contributed by atoms with Crippen LogP contribution in [0.2, 0.25) is 5.02 Å². The third-order valence-electron chi connectivity index (χ3n) is 4.66. The summed E-state index contributed by atoms with van der Waals surface area (Å²) in [5.41, 5.74) is 2.49. The van der Waals surface area contributed by atoms with Gasteiger partial charge in [-0.1, -0.05) is 54.1 Å². The molecule has 25 heavy (non-hydrogen) atoms. The standard InChI is InChI=1S/C20H24ClN3O/c1-22-15-19(25)23-11-13-24(14-12-23)20(16-5-3-2-4-6-16)17-7-9-18(21)10-8-17/h2-10,20,22H,11-15H2,1H3. The predicted molar refractivity (Wildman–Crippen MR) is 102 cm³/mol. The zero-order valence-electron chi connectivity index (χ0n) is 14.5. The number of rotatable bonds is 5. The number of carbonyl (C=O) groups excluding carboxylic acids is 1. The van der Waals surface area contributed by atoms with E-state index in [-0.39, 0.29) is 11.9 Å². The van der Waals surface area contributed by atoms with Crippen molar-refractivity contribution in [3.05, 3.63) is 70.7 Å². The van der Waals surface area contributed by atoms with Gasteiger partial charge in [-0.2, -0.15) is 0 Å². The van der Waals surface area contributed by atoms with Gasteiger partial charge in [0, 0.05) is 31.2 Å². The van der Waals surface area contributed by atoms with Gasteiger partial charge in [0.1, 0.15) is 0 Å². The zero-order chi connectivity index (χ0) is 17.6. The van der Waals surface area contributed by atoms with Crippen LogP contribution in [0, 0.1) is 0 Å². The van der Waals surface area contributed by atoms with Gasteiger partial charge in [0.15, 0.2) is 0 Å². The third-order valence-corrected chi connectivity index (χ3v) is 4.91. The van der Waals surface area contributed by atoms with E-state index in [1.165, 1.54) is 11.1 Å². The summed E-state index contributed by atoms with van der Waals surface area (Å²) in [5, 5.41) is 3.69. The number of halogens is 1. The Bertz CT molecular complexity index is 682. The molecule has 1 fully saturated rings. The molecule has 3 rings (SSSR count). The lowest BCUT2D eigenvalue weighted by Crippen LogP contribution is -2.51. The SMILES string of the molecule is CNCC(=O)N1CCN(C(c2ccccc2)c2ccc(Cl)cc2)CC1. The molecular weight excluding hydrogens is 334 g/mol.